The van der Waals surface area contributed by atoms with Crippen LogP contribution in [0.3, 0.4) is 0 Å². The average Bonchev–Trinajstić information content (AvgIpc) is 2.99. The Labute approximate surface area is 116 Å². The van der Waals surface area contributed by atoms with Crippen LogP contribution in [-0.4, -0.2) is 0 Å². The van der Waals surface area contributed by atoms with Crippen LogP contribution in [0.25, 0.3) is 0 Å². The summed E-state index contributed by atoms with van der Waals surface area (Å²) in [6.45, 7) is 2.15. The van der Waals surface area contributed by atoms with E-state index in [0.717, 1.165) is 0 Å². The Morgan fingerprint density at radius 3 is 3.06 bits per heavy atom. The number of rotatable bonds is 3. The van der Waals surface area contributed by atoms with Crippen LogP contribution in [-0.2, 0) is 6.42 Å². The molecule has 2 aromatic heterocycles. The largest absolute Gasteiger partial charge is 0.271 e. The zero-order valence-electron chi connectivity index (χ0n) is 10.5. The molecule has 0 saturated carbocycles. The predicted octanol–water partition coefficient (Wildman–Crippen LogP) is 3.74. The van der Waals surface area contributed by atoms with Crippen molar-refractivity contribution in [3.63, 3.8) is 0 Å². The molecule has 1 aliphatic carbocycles. The monoisotopic (exact) mass is 278 g/mol. The van der Waals surface area contributed by atoms with Crippen molar-refractivity contribution in [1.82, 2.24) is 5.43 Å². The van der Waals surface area contributed by atoms with E-state index >= 15 is 0 Å². The number of aryl methyl sites for hydroxylation is 2. The van der Waals surface area contributed by atoms with Gasteiger partial charge in [0.15, 0.2) is 0 Å². The lowest BCUT2D eigenvalue weighted by atomic mass is 9.80. The van der Waals surface area contributed by atoms with Crippen LogP contribution in [0.4, 0.5) is 0 Å². The van der Waals surface area contributed by atoms with E-state index < -0.39 is 0 Å². The molecule has 2 unspecified atom stereocenters. The molecule has 0 bridgehead atoms. The van der Waals surface area contributed by atoms with Gasteiger partial charge in [0.1, 0.15) is 0 Å². The fraction of sp³-hybridized carbons (Fsp3) is 0.429. The number of hydrogen-bond donors (Lipinski definition) is 2. The SMILES string of the molecule is Cc1cc(C(NN)C2CCCc3sccc32)cs1. The number of hydrazine groups is 1. The average molecular weight is 278 g/mol. The Morgan fingerprint density at radius 1 is 1.44 bits per heavy atom. The second kappa shape index (κ2) is 5.13. The molecular weight excluding hydrogens is 260 g/mol. The maximum atomic E-state index is 5.83. The second-order valence-electron chi connectivity index (χ2n) is 4.93. The van der Waals surface area contributed by atoms with Crippen LogP contribution in [0.1, 0.15) is 45.7 Å². The van der Waals surface area contributed by atoms with Gasteiger partial charge in [-0.3, -0.25) is 11.3 Å². The van der Waals surface area contributed by atoms with Gasteiger partial charge in [-0.15, -0.1) is 22.7 Å². The van der Waals surface area contributed by atoms with Crippen molar-refractivity contribution in [1.29, 1.82) is 0 Å². The third-order valence-corrected chi connectivity index (χ3v) is 5.67. The van der Waals surface area contributed by atoms with Crippen LogP contribution < -0.4 is 11.3 Å². The summed E-state index contributed by atoms with van der Waals surface area (Å²) in [6.07, 6.45) is 3.75. The summed E-state index contributed by atoms with van der Waals surface area (Å²) in [5, 5.41) is 4.45. The van der Waals surface area contributed by atoms with E-state index in [2.05, 4.69) is 35.2 Å². The van der Waals surface area contributed by atoms with Crippen molar-refractivity contribution in [2.24, 2.45) is 5.84 Å². The van der Waals surface area contributed by atoms with Crippen molar-refractivity contribution in [3.05, 3.63) is 43.8 Å². The van der Waals surface area contributed by atoms with Gasteiger partial charge in [0, 0.05) is 15.7 Å². The molecule has 0 amide bonds. The molecule has 0 spiro atoms. The fourth-order valence-corrected chi connectivity index (χ4v) is 4.68. The van der Waals surface area contributed by atoms with Gasteiger partial charge in [-0.25, -0.2) is 0 Å². The highest BCUT2D eigenvalue weighted by molar-refractivity contribution is 7.10. The van der Waals surface area contributed by atoms with Crippen LogP contribution in [0.15, 0.2) is 22.9 Å². The van der Waals surface area contributed by atoms with Crippen molar-refractivity contribution in [2.75, 3.05) is 0 Å². The molecule has 0 saturated heterocycles. The first kappa shape index (κ1) is 12.4. The smallest absolute Gasteiger partial charge is 0.0537 e. The molecule has 3 N–H and O–H groups in total. The summed E-state index contributed by atoms with van der Waals surface area (Å²) in [6, 6.07) is 4.80. The van der Waals surface area contributed by atoms with Gasteiger partial charge in [0.05, 0.1) is 6.04 Å². The molecule has 2 atom stereocenters. The maximum absolute atomic E-state index is 5.83. The predicted molar refractivity (Wildman–Crippen MR) is 79.1 cm³/mol. The van der Waals surface area contributed by atoms with Crippen molar-refractivity contribution < 1.29 is 0 Å². The van der Waals surface area contributed by atoms with Crippen molar-refractivity contribution >= 4 is 22.7 Å². The Morgan fingerprint density at radius 2 is 2.33 bits per heavy atom. The quantitative estimate of drug-likeness (QED) is 0.663. The molecule has 0 radical (unpaired) electrons. The summed E-state index contributed by atoms with van der Waals surface area (Å²) >= 11 is 3.69. The number of nitrogens with one attached hydrogen (secondary N) is 1. The van der Waals surface area contributed by atoms with Gasteiger partial charge in [0.25, 0.3) is 0 Å². The van der Waals surface area contributed by atoms with Crippen molar-refractivity contribution in [3.8, 4) is 0 Å². The summed E-state index contributed by atoms with van der Waals surface area (Å²) in [7, 11) is 0. The zero-order valence-corrected chi connectivity index (χ0v) is 12.1. The topological polar surface area (TPSA) is 38.0 Å². The molecule has 0 aliphatic heterocycles. The molecule has 96 valence electrons. The highest BCUT2D eigenvalue weighted by atomic mass is 32.1. The molecule has 3 rings (SSSR count). The lowest BCUT2D eigenvalue weighted by Gasteiger charge is -2.30. The van der Waals surface area contributed by atoms with Gasteiger partial charge in [-0.1, -0.05) is 0 Å². The molecule has 18 heavy (non-hydrogen) atoms. The lowest BCUT2D eigenvalue weighted by Crippen LogP contribution is -2.33. The zero-order chi connectivity index (χ0) is 12.5. The molecule has 2 nitrogen and oxygen atoms in total. The number of nitrogens with two attached hydrogens (primary N) is 1. The minimum absolute atomic E-state index is 0.253. The lowest BCUT2D eigenvalue weighted by molar-refractivity contribution is 0.411. The van der Waals surface area contributed by atoms with Gasteiger partial charge in [-0.2, -0.15) is 0 Å². The van der Waals surface area contributed by atoms with Gasteiger partial charge in [-0.05, 0) is 60.2 Å². The Kier molecular flexibility index (Phi) is 3.52. The Bertz CT molecular complexity index is 529. The molecule has 4 heteroatoms. The minimum atomic E-state index is 0.253. The molecule has 0 aromatic carbocycles. The van der Waals surface area contributed by atoms with Crippen LogP contribution in [0, 0.1) is 6.92 Å². The van der Waals surface area contributed by atoms with Crippen LogP contribution in [0.2, 0.25) is 0 Å². The normalized spacial score (nSPS) is 20.7. The van der Waals surface area contributed by atoms with E-state index in [1.165, 1.54) is 35.3 Å². The summed E-state index contributed by atoms with van der Waals surface area (Å²) in [5.74, 6) is 6.36. The van der Waals surface area contributed by atoms with Gasteiger partial charge < -0.3 is 0 Å². The third-order valence-electron chi connectivity index (χ3n) is 3.79. The highest BCUT2D eigenvalue weighted by Gasteiger charge is 2.29. The van der Waals surface area contributed by atoms with E-state index in [-0.39, 0.29) is 6.04 Å². The first-order chi connectivity index (χ1) is 8.79. The minimum Gasteiger partial charge on any atom is -0.271 e. The van der Waals surface area contributed by atoms with E-state index in [1.54, 1.807) is 16.2 Å². The van der Waals surface area contributed by atoms with Crippen LogP contribution >= 0.6 is 22.7 Å². The second-order valence-corrected chi connectivity index (χ2v) is 7.05. The molecule has 2 heterocycles. The molecule has 0 fully saturated rings. The highest BCUT2D eigenvalue weighted by Crippen LogP contribution is 2.42. The number of fused-ring (bicyclic) bond motifs is 1. The molecular formula is C14H18N2S2. The summed E-state index contributed by atoms with van der Waals surface area (Å²) in [5.41, 5.74) is 5.89. The Hall–Kier alpha value is -0.680. The van der Waals surface area contributed by atoms with E-state index in [9.17, 15) is 0 Å². The van der Waals surface area contributed by atoms with Gasteiger partial charge >= 0.3 is 0 Å². The van der Waals surface area contributed by atoms with Crippen LogP contribution in [0.5, 0.6) is 0 Å². The summed E-state index contributed by atoms with van der Waals surface area (Å²) in [4.78, 5) is 2.91. The van der Waals surface area contributed by atoms with Gasteiger partial charge in [0.2, 0.25) is 0 Å². The number of hydrogen-bond acceptors (Lipinski definition) is 4. The standard InChI is InChI=1S/C14H18N2S2/c1-9-7-10(8-18-9)14(16-15)12-3-2-4-13-11(12)5-6-17-13/h5-8,12,14,16H,2-4,15H2,1H3. The molecule has 1 aliphatic rings. The van der Waals surface area contributed by atoms with E-state index in [1.807, 2.05) is 11.3 Å². The molecule has 2 aromatic rings. The van der Waals surface area contributed by atoms with E-state index in [0.29, 0.717) is 5.92 Å². The summed E-state index contributed by atoms with van der Waals surface area (Å²) < 4.78 is 0. The first-order valence-corrected chi connectivity index (χ1v) is 8.13. The maximum Gasteiger partial charge on any atom is 0.0537 e. The van der Waals surface area contributed by atoms with E-state index in [4.69, 9.17) is 5.84 Å². The number of thiophene rings is 2. The Balaban J connectivity index is 1.94. The first-order valence-electron chi connectivity index (χ1n) is 6.37. The third kappa shape index (κ3) is 2.14. The van der Waals surface area contributed by atoms with Crippen molar-refractivity contribution in [2.45, 2.75) is 38.1 Å². The fourth-order valence-electron chi connectivity index (χ4n) is 2.94.